The average Bonchev–Trinajstić information content (AvgIpc) is 2.49. The minimum absolute atomic E-state index is 0.0232. The van der Waals surface area contributed by atoms with Crippen molar-refractivity contribution in [3.8, 4) is 0 Å². The Hall–Kier alpha value is -2.19. The first kappa shape index (κ1) is 16.9. The zero-order chi connectivity index (χ0) is 15.7. The van der Waals surface area contributed by atoms with Crippen molar-refractivity contribution in [2.75, 3.05) is 25.2 Å². The van der Waals surface area contributed by atoms with Crippen LogP contribution >= 0.6 is 0 Å². The largest absolute Gasteiger partial charge is 0.381 e. The van der Waals surface area contributed by atoms with Gasteiger partial charge in [-0.2, -0.15) is 0 Å². The number of para-hydroxylation sites is 1. The van der Waals surface area contributed by atoms with E-state index in [0.717, 1.165) is 6.42 Å². The van der Waals surface area contributed by atoms with E-state index in [1.165, 1.54) is 18.2 Å². The van der Waals surface area contributed by atoms with Gasteiger partial charge in [0.15, 0.2) is 0 Å². The summed E-state index contributed by atoms with van der Waals surface area (Å²) in [6.45, 7) is 3.63. The molecule has 116 valence electrons. The Bertz CT molecular complexity index is 493. The molecule has 0 aliphatic heterocycles. The number of nitro benzene ring substituents is 1. The van der Waals surface area contributed by atoms with Gasteiger partial charge >= 0.3 is 5.69 Å². The smallest absolute Gasteiger partial charge is 0.306 e. The van der Waals surface area contributed by atoms with Gasteiger partial charge in [0.2, 0.25) is 0 Å². The van der Waals surface area contributed by atoms with Crippen LogP contribution in [0, 0.1) is 10.1 Å². The summed E-state index contributed by atoms with van der Waals surface area (Å²) >= 11 is 0. The second-order valence-corrected chi connectivity index (χ2v) is 4.33. The Morgan fingerprint density at radius 2 is 2.19 bits per heavy atom. The van der Waals surface area contributed by atoms with Gasteiger partial charge < -0.3 is 15.5 Å². The molecule has 8 heteroatoms. The summed E-state index contributed by atoms with van der Waals surface area (Å²) in [7, 11) is 0. The molecular formula is C13H20N4O4. The molecule has 0 radical (unpaired) electrons. The van der Waals surface area contributed by atoms with Gasteiger partial charge in [0, 0.05) is 19.8 Å². The molecule has 0 aliphatic rings. The molecule has 0 saturated heterocycles. The zero-order valence-corrected chi connectivity index (χ0v) is 11.9. The van der Waals surface area contributed by atoms with E-state index in [0.29, 0.717) is 26.2 Å². The van der Waals surface area contributed by atoms with Crippen molar-refractivity contribution in [2.45, 2.75) is 19.8 Å². The van der Waals surface area contributed by atoms with Crippen molar-refractivity contribution in [1.82, 2.24) is 5.32 Å². The number of nitrogens with two attached hydrogens (primary N) is 1. The Balaban J connectivity index is 2.64. The van der Waals surface area contributed by atoms with Gasteiger partial charge in [-0.15, -0.1) is 0 Å². The molecule has 21 heavy (non-hydrogen) atoms. The first-order valence-corrected chi connectivity index (χ1v) is 6.71. The molecule has 0 saturated carbocycles. The summed E-state index contributed by atoms with van der Waals surface area (Å²) < 4.78 is 5.28. The third kappa shape index (κ3) is 5.01. The number of carbonyl (C=O) groups is 1. The number of hydrazine groups is 1. The van der Waals surface area contributed by atoms with Gasteiger partial charge in [0.05, 0.1) is 4.92 Å². The zero-order valence-electron chi connectivity index (χ0n) is 11.9. The quantitative estimate of drug-likeness (QED) is 0.274. The second kappa shape index (κ2) is 8.88. The first-order valence-electron chi connectivity index (χ1n) is 6.71. The monoisotopic (exact) mass is 296 g/mol. The first-order chi connectivity index (χ1) is 10.1. The Labute approximate surface area is 122 Å². The fraction of sp³-hybridized carbons (Fsp3) is 0.462. The summed E-state index contributed by atoms with van der Waals surface area (Å²) in [5.74, 6) is 4.72. The molecular weight excluding hydrogens is 276 g/mol. The molecule has 0 atom stereocenters. The second-order valence-electron chi connectivity index (χ2n) is 4.33. The number of nitrogens with one attached hydrogen (secondary N) is 2. The molecule has 0 fully saturated rings. The molecule has 1 amide bonds. The highest BCUT2D eigenvalue weighted by Gasteiger charge is 2.23. The van der Waals surface area contributed by atoms with Crippen LogP contribution in [0.4, 0.5) is 11.4 Å². The number of rotatable bonds is 9. The summed E-state index contributed by atoms with van der Waals surface area (Å²) in [6.07, 6.45) is 1.59. The van der Waals surface area contributed by atoms with E-state index < -0.39 is 10.8 Å². The molecule has 0 spiro atoms. The maximum atomic E-state index is 12.0. The van der Waals surface area contributed by atoms with Crippen LogP contribution in [-0.4, -0.2) is 30.6 Å². The highest BCUT2D eigenvalue weighted by Crippen LogP contribution is 2.27. The van der Waals surface area contributed by atoms with Gasteiger partial charge in [0.25, 0.3) is 5.91 Å². The van der Waals surface area contributed by atoms with Crippen molar-refractivity contribution >= 4 is 17.3 Å². The summed E-state index contributed by atoms with van der Waals surface area (Å²) in [6, 6.07) is 4.36. The van der Waals surface area contributed by atoms with Crippen LogP contribution in [0.5, 0.6) is 0 Å². The molecule has 8 nitrogen and oxygen atoms in total. The lowest BCUT2D eigenvalue weighted by atomic mass is 10.1. The van der Waals surface area contributed by atoms with E-state index >= 15 is 0 Å². The molecule has 1 aromatic carbocycles. The average molecular weight is 296 g/mol. The third-order valence-electron chi connectivity index (χ3n) is 2.72. The number of nitrogens with zero attached hydrogens (tertiary/aromatic N) is 1. The molecule has 0 unspecified atom stereocenters. The summed E-state index contributed by atoms with van der Waals surface area (Å²) in [5.41, 5.74) is 1.96. The number of carbonyl (C=O) groups excluding carboxylic acids is 1. The lowest BCUT2D eigenvalue weighted by Crippen LogP contribution is -2.26. The molecule has 0 heterocycles. The van der Waals surface area contributed by atoms with Crippen molar-refractivity contribution in [2.24, 2.45) is 5.84 Å². The van der Waals surface area contributed by atoms with Crippen LogP contribution in [-0.2, 0) is 4.74 Å². The van der Waals surface area contributed by atoms with Gasteiger partial charge in [-0.3, -0.25) is 20.8 Å². The lowest BCUT2D eigenvalue weighted by Gasteiger charge is -2.08. The highest BCUT2D eigenvalue weighted by atomic mass is 16.6. The van der Waals surface area contributed by atoms with Gasteiger partial charge in [-0.25, -0.2) is 0 Å². The van der Waals surface area contributed by atoms with Crippen LogP contribution in [0.25, 0.3) is 0 Å². The molecule has 1 rings (SSSR count). The van der Waals surface area contributed by atoms with E-state index in [4.69, 9.17) is 10.6 Å². The standard InChI is InChI=1S/C13H20N4O4/c1-2-8-21-9-4-7-15-13(18)10-5-3-6-11(16-14)12(10)17(19)20/h3,5-6,16H,2,4,7-9,14H2,1H3,(H,15,18). The number of ether oxygens (including phenoxy) is 1. The van der Waals surface area contributed by atoms with E-state index in [9.17, 15) is 14.9 Å². The topological polar surface area (TPSA) is 120 Å². The minimum atomic E-state index is -0.630. The van der Waals surface area contributed by atoms with Crippen LogP contribution < -0.4 is 16.6 Å². The minimum Gasteiger partial charge on any atom is -0.381 e. The molecule has 0 aliphatic carbocycles. The SMILES string of the molecule is CCCOCCCNC(=O)c1cccc(NN)c1[N+](=O)[O-]. The maximum absolute atomic E-state index is 12.0. The van der Waals surface area contributed by atoms with Crippen molar-refractivity contribution in [1.29, 1.82) is 0 Å². The number of benzene rings is 1. The Morgan fingerprint density at radius 3 is 2.81 bits per heavy atom. The molecule has 0 bridgehead atoms. The van der Waals surface area contributed by atoms with Crippen LogP contribution in [0.3, 0.4) is 0 Å². The van der Waals surface area contributed by atoms with Gasteiger partial charge in [0.1, 0.15) is 11.3 Å². The van der Waals surface area contributed by atoms with Crippen molar-refractivity contribution in [3.63, 3.8) is 0 Å². The fourth-order valence-electron chi connectivity index (χ4n) is 1.76. The van der Waals surface area contributed by atoms with E-state index in [2.05, 4.69) is 10.7 Å². The van der Waals surface area contributed by atoms with Crippen molar-refractivity contribution in [3.05, 3.63) is 33.9 Å². The number of nitro groups is 1. The number of anilines is 1. The van der Waals surface area contributed by atoms with E-state index in [1.807, 2.05) is 6.92 Å². The number of hydrogen-bond donors (Lipinski definition) is 3. The lowest BCUT2D eigenvalue weighted by molar-refractivity contribution is -0.384. The van der Waals surface area contributed by atoms with Crippen LogP contribution in [0.2, 0.25) is 0 Å². The number of hydrogen-bond acceptors (Lipinski definition) is 6. The maximum Gasteiger partial charge on any atom is 0.306 e. The predicted molar refractivity (Wildman–Crippen MR) is 79.0 cm³/mol. The summed E-state index contributed by atoms with van der Waals surface area (Å²) in [5, 5.41) is 13.7. The molecule has 1 aromatic rings. The number of nitrogen functional groups attached to an aromatic ring is 1. The van der Waals surface area contributed by atoms with Gasteiger partial charge in [-0.05, 0) is 25.0 Å². The van der Waals surface area contributed by atoms with E-state index in [1.54, 1.807) is 0 Å². The normalized spacial score (nSPS) is 10.2. The van der Waals surface area contributed by atoms with E-state index in [-0.39, 0.29) is 16.9 Å². The Kier molecular flexibility index (Phi) is 7.13. The molecule has 4 N–H and O–H groups in total. The summed E-state index contributed by atoms with van der Waals surface area (Å²) in [4.78, 5) is 22.4. The Morgan fingerprint density at radius 1 is 1.43 bits per heavy atom. The highest BCUT2D eigenvalue weighted by molar-refractivity contribution is 6.00. The van der Waals surface area contributed by atoms with Crippen LogP contribution in [0.1, 0.15) is 30.1 Å². The predicted octanol–water partition coefficient (Wildman–Crippen LogP) is 1.43. The van der Waals surface area contributed by atoms with Gasteiger partial charge in [-0.1, -0.05) is 13.0 Å². The third-order valence-corrected chi connectivity index (χ3v) is 2.72. The number of amides is 1. The van der Waals surface area contributed by atoms with Crippen molar-refractivity contribution < 1.29 is 14.5 Å². The fourth-order valence-corrected chi connectivity index (χ4v) is 1.76. The molecule has 0 aromatic heterocycles. The van der Waals surface area contributed by atoms with Crippen LogP contribution in [0.15, 0.2) is 18.2 Å².